The molecule has 2 amide bonds. The summed E-state index contributed by atoms with van der Waals surface area (Å²) >= 11 is 3.17. The predicted molar refractivity (Wildman–Crippen MR) is 101 cm³/mol. The maximum absolute atomic E-state index is 12.0. The molecule has 1 aliphatic carbocycles. The molecule has 3 rings (SSSR count). The number of thiophene rings is 1. The highest BCUT2D eigenvalue weighted by Crippen LogP contribution is 2.40. The number of hydrogen-bond donors (Lipinski definition) is 2. The van der Waals surface area contributed by atoms with Crippen LogP contribution in [0.5, 0.6) is 0 Å². The molecule has 0 unspecified atom stereocenters. The number of fused-ring (bicyclic) bond motifs is 3. The quantitative estimate of drug-likeness (QED) is 0.594. The molecule has 1 atom stereocenters. The zero-order valence-corrected chi connectivity index (χ0v) is 16.1. The third kappa shape index (κ3) is 4.30. The lowest BCUT2D eigenvalue weighted by atomic mass is 9.89. The third-order valence-corrected chi connectivity index (χ3v) is 6.37. The molecule has 0 saturated carbocycles. The van der Waals surface area contributed by atoms with Gasteiger partial charge in [-0.05, 0) is 37.7 Å². The van der Waals surface area contributed by atoms with E-state index in [2.05, 4.69) is 27.5 Å². The van der Waals surface area contributed by atoms with Crippen LogP contribution >= 0.6 is 23.1 Å². The number of thioether (sulfide) groups is 1. The normalized spacial score (nSPS) is 16.5. The fourth-order valence-corrected chi connectivity index (χ4v) is 5.25. The van der Waals surface area contributed by atoms with Crippen molar-refractivity contribution >= 4 is 45.1 Å². The van der Waals surface area contributed by atoms with Gasteiger partial charge in [0.2, 0.25) is 11.8 Å². The Morgan fingerprint density at radius 1 is 1.32 bits per heavy atom. The maximum Gasteiger partial charge on any atom is 0.239 e. The lowest BCUT2D eigenvalue weighted by Gasteiger charge is -2.18. The number of aromatic nitrogens is 2. The minimum Gasteiger partial charge on any atom is -0.355 e. The van der Waals surface area contributed by atoms with Gasteiger partial charge in [-0.15, -0.1) is 11.3 Å². The van der Waals surface area contributed by atoms with E-state index in [9.17, 15) is 9.59 Å². The van der Waals surface area contributed by atoms with Gasteiger partial charge in [-0.1, -0.05) is 18.7 Å². The number of aryl methyl sites for hydroxylation is 1. The van der Waals surface area contributed by atoms with E-state index in [1.165, 1.54) is 28.6 Å². The van der Waals surface area contributed by atoms with E-state index in [0.717, 1.165) is 28.1 Å². The molecule has 0 spiro atoms. The van der Waals surface area contributed by atoms with Gasteiger partial charge in [-0.2, -0.15) is 0 Å². The van der Waals surface area contributed by atoms with Crippen LogP contribution in [0.25, 0.3) is 10.2 Å². The average molecular weight is 379 g/mol. The zero-order valence-electron chi connectivity index (χ0n) is 14.4. The molecule has 25 heavy (non-hydrogen) atoms. The monoisotopic (exact) mass is 378 g/mol. The van der Waals surface area contributed by atoms with Crippen molar-refractivity contribution < 1.29 is 9.59 Å². The molecule has 0 bridgehead atoms. The Balaban J connectivity index is 1.68. The highest BCUT2D eigenvalue weighted by atomic mass is 32.2. The summed E-state index contributed by atoms with van der Waals surface area (Å²) in [5, 5.41) is 7.28. The Labute approximate surface area is 155 Å². The van der Waals surface area contributed by atoms with Gasteiger partial charge in [0.05, 0.1) is 12.3 Å². The van der Waals surface area contributed by atoms with Gasteiger partial charge in [0, 0.05) is 16.8 Å². The summed E-state index contributed by atoms with van der Waals surface area (Å²) in [7, 11) is 0. The fraction of sp³-hybridized carbons (Fsp3) is 0.529. The van der Waals surface area contributed by atoms with Crippen molar-refractivity contribution in [1.82, 2.24) is 20.6 Å². The molecule has 134 valence electrons. The highest BCUT2D eigenvalue weighted by Gasteiger charge is 2.23. The second-order valence-electron chi connectivity index (χ2n) is 6.23. The third-order valence-electron chi connectivity index (χ3n) is 4.22. The minimum absolute atomic E-state index is 0.0121. The van der Waals surface area contributed by atoms with Crippen LogP contribution in [0, 0.1) is 5.92 Å². The topological polar surface area (TPSA) is 84.0 Å². The number of carbonyl (C=O) groups is 2. The summed E-state index contributed by atoms with van der Waals surface area (Å²) in [6, 6.07) is 0. The van der Waals surface area contributed by atoms with Crippen LogP contribution in [0.4, 0.5) is 0 Å². The predicted octanol–water partition coefficient (Wildman–Crippen LogP) is 2.16. The molecule has 2 aromatic rings. The summed E-state index contributed by atoms with van der Waals surface area (Å²) < 4.78 is 0. The van der Waals surface area contributed by atoms with E-state index in [4.69, 9.17) is 0 Å². The highest BCUT2D eigenvalue weighted by molar-refractivity contribution is 8.00. The van der Waals surface area contributed by atoms with Crippen LogP contribution in [0.15, 0.2) is 11.4 Å². The van der Waals surface area contributed by atoms with Crippen molar-refractivity contribution in [2.45, 2.75) is 38.1 Å². The Kier molecular flexibility index (Phi) is 5.90. The largest absolute Gasteiger partial charge is 0.355 e. The molecular weight excluding hydrogens is 356 g/mol. The molecule has 6 nitrogen and oxygen atoms in total. The van der Waals surface area contributed by atoms with Gasteiger partial charge in [-0.25, -0.2) is 9.97 Å². The first-order valence-corrected chi connectivity index (χ1v) is 10.3. The van der Waals surface area contributed by atoms with Crippen molar-refractivity contribution in [3.63, 3.8) is 0 Å². The molecule has 2 N–H and O–H groups in total. The number of nitrogens with one attached hydrogen (secondary N) is 2. The smallest absolute Gasteiger partial charge is 0.239 e. The average Bonchev–Trinajstić information content (AvgIpc) is 2.96. The van der Waals surface area contributed by atoms with E-state index in [1.54, 1.807) is 17.7 Å². The lowest BCUT2D eigenvalue weighted by Crippen LogP contribution is -2.37. The second kappa shape index (κ2) is 8.14. The van der Waals surface area contributed by atoms with E-state index in [1.807, 2.05) is 6.92 Å². The SMILES string of the molecule is CCNC(=O)CNC(=O)CSc1ncnc2sc3c(c12)CC[C@H](C)C3. The number of hydrogen-bond acceptors (Lipinski definition) is 6. The molecule has 1 aliphatic rings. The van der Waals surface area contributed by atoms with E-state index in [-0.39, 0.29) is 24.1 Å². The number of likely N-dealkylation sites (N-methyl/N-ethyl adjacent to an activating group) is 1. The number of rotatable bonds is 6. The molecule has 0 aromatic carbocycles. The van der Waals surface area contributed by atoms with Gasteiger partial charge >= 0.3 is 0 Å². The Hall–Kier alpha value is -1.67. The second-order valence-corrected chi connectivity index (χ2v) is 8.28. The van der Waals surface area contributed by atoms with Crippen molar-refractivity contribution in [2.24, 2.45) is 5.92 Å². The van der Waals surface area contributed by atoms with Crippen molar-refractivity contribution in [2.75, 3.05) is 18.8 Å². The molecule has 0 aliphatic heterocycles. The Bertz CT molecular complexity index is 790. The van der Waals surface area contributed by atoms with Crippen LogP contribution < -0.4 is 10.6 Å². The zero-order chi connectivity index (χ0) is 17.8. The summed E-state index contributed by atoms with van der Waals surface area (Å²) in [6.45, 7) is 4.70. The van der Waals surface area contributed by atoms with Crippen molar-refractivity contribution in [3.05, 3.63) is 16.8 Å². The summed E-state index contributed by atoms with van der Waals surface area (Å²) in [5.74, 6) is 0.615. The number of carbonyl (C=O) groups excluding carboxylic acids is 2. The first-order chi connectivity index (χ1) is 12.1. The Morgan fingerprint density at radius 3 is 2.96 bits per heavy atom. The van der Waals surface area contributed by atoms with Gasteiger partial charge in [-0.3, -0.25) is 9.59 Å². The van der Waals surface area contributed by atoms with Crippen LogP contribution in [0.2, 0.25) is 0 Å². The van der Waals surface area contributed by atoms with E-state index in [0.29, 0.717) is 12.5 Å². The minimum atomic E-state index is -0.175. The Morgan fingerprint density at radius 2 is 2.16 bits per heavy atom. The molecule has 0 radical (unpaired) electrons. The first-order valence-electron chi connectivity index (χ1n) is 8.50. The molecule has 2 heterocycles. The summed E-state index contributed by atoms with van der Waals surface area (Å²) in [4.78, 5) is 34.6. The summed E-state index contributed by atoms with van der Waals surface area (Å²) in [5.41, 5.74) is 1.36. The van der Waals surface area contributed by atoms with Crippen LogP contribution in [0.3, 0.4) is 0 Å². The molecular formula is C17H22N4O2S2. The van der Waals surface area contributed by atoms with Gasteiger partial charge in [0.1, 0.15) is 16.2 Å². The standard InChI is InChI=1S/C17H22N4O2S2/c1-3-18-13(22)7-19-14(23)8-24-16-15-11-5-4-10(2)6-12(11)25-17(15)21-9-20-16/h9-10H,3-8H2,1-2H3,(H,18,22)(H,19,23)/t10-/m0/s1. The van der Waals surface area contributed by atoms with Gasteiger partial charge < -0.3 is 10.6 Å². The fourth-order valence-electron chi connectivity index (χ4n) is 2.98. The van der Waals surface area contributed by atoms with Crippen molar-refractivity contribution in [3.8, 4) is 0 Å². The maximum atomic E-state index is 12.0. The number of nitrogens with zero attached hydrogens (tertiary/aromatic N) is 2. The lowest BCUT2D eigenvalue weighted by molar-refractivity contribution is -0.124. The molecule has 0 saturated heterocycles. The van der Waals surface area contributed by atoms with Crippen LogP contribution in [-0.2, 0) is 22.4 Å². The number of amides is 2. The van der Waals surface area contributed by atoms with E-state index < -0.39 is 0 Å². The molecule has 2 aromatic heterocycles. The van der Waals surface area contributed by atoms with Crippen LogP contribution in [-0.4, -0.2) is 40.6 Å². The van der Waals surface area contributed by atoms with Gasteiger partial charge in [0.25, 0.3) is 0 Å². The van der Waals surface area contributed by atoms with E-state index >= 15 is 0 Å². The summed E-state index contributed by atoms with van der Waals surface area (Å²) in [6.07, 6.45) is 4.92. The molecule has 0 fully saturated rings. The van der Waals surface area contributed by atoms with Crippen molar-refractivity contribution in [1.29, 1.82) is 0 Å². The van der Waals surface area contributed by atoms with Gasteiger partial charge in [0.15, 0.2) is 0 Å². The first kappa shape index (κ1) is 18.1. The molecule has 8 heteroatoms. The van der Waals surface area contributed by atoms with Crippen LogP contribution in [0.1, 0.15) is 30.7 Å².